The van der Waals surface area contributed by atoms with Gasteiger partial charge in [0.1, 0.15) is 12.6 Å². The van der Waals surface area contributed by atoms with Gasteiger partial charge in [-0.15, -0.1) is 0 Å². The summed E-state index contributed by atoms with van der Waals surface area (Å²) in [6, 6.07) is 31.2. The van der Waals surface area contributed by atoms with Crippen LogP contribution in [0.1, 0.15) is 43.2 Å². The maximum absolute atomic E-state index is 14.6. The highest BCUT2D eigenvalue weighted by molar-refractivity contribution is 9.10. The minimum absolute atomic E-state index is 0.0417. The maximum Gasteiger partial charge on any atom is 0.264 e. The molecule has 0 bridgehead atoms. The van der Waals surface area contributed by atoms with Crippen molar-refractivity contribution in [1.29, 1.82) is 0 Å². The van der Waals surface area contributed by atoms with E-state index in [0.29, 0.717) is 5.69 Å². The third kappa shape index (κ3) is 8.86. The van der Waals surface area contributed by atoms with E-state index in [1.165, 1.54) is 12.1 Å². The Morgan fingerprint density at radius 2 is 1.39 bits per heavy atom. The number of carbonyl (C=O) groups is 2. The molecule has 2 amide bonds. The Kier molecular flexibility index (Phi) is 11.7. The molecule has 0 saturated heterocycles. The van der Waals surface area contributed by atoms with Gasteiger partial charge in [0.05, 0.1) is 10.6 Å². The van der Waals surface area contributed by atoms with Crippen molar-refractivity contribution in [3.05, 3.63) is 129 Å². The first-order chi connectivity index (χ1) is 22.2. The number of nitrogens with zero attached hydrogens (tertiary/aromatic N) is 2. The van der Waals surface area contributed by atoms with Crippen molar-refractivity contribution in [1.82, 2.24) is 10.2 Å². The van der Waals surface area contributed by atoms with Crippen molar-refractivity contribution in [2.45, 2.75) is 62.0 Å². The lowest BCUT2D eigenvalue weighted by atomic mass is 9.94. The highest BCUT2D eigenvalue weighted by Gasteiger charge is 2.35. The number of sulfonamides is 1. The molecule has 0 heterocycles. The van der Waals surface area contributed by atoms with Gasteiger partial charge in [-0.05, 0) is 72.5 Å². The van der Waals surface area contributed by atoms with E-state index in [0.717, 1.165) is 56.5 Å². The summed E-state index contributed by atoms with van der Waals surface area (Å²) >= 11 is 6.95. The Balaban J connectivity index is 1.55. The van der Waals surface area contributed by atoms with Crippen LogP contribution >= 0.6 is 31.9 Å². The largest absolute Gasteiger partial charge is 0.352 e. The molecule has 46 heavy (non-hydrogen) atoms. The lowest BCUT2D eigenvalue weighted by Gasteiger charge is -2.35. The van der Waals surface area contributed by atoms with Crippen LogP contribution in [0, 0.1) is 0 Å². The predicted molar refractivity (Wildman–Crippen MR) is 189 cm³/mol. The Hall–Kier alpha value is -3.47. The van der Waals surface area contributed by atoms with Gasteiger partial charge >= 0.3 is 0 Å². The molecule has 1 saturated carbocycles. The highest BCUT2D eigenvalue weighted by atomic mass is 79.9. The number of hydrogen-bond donors (Lipinski definition) is 1. The van der Waals surface area contributed by atoms with Crippen molar-refractivity contribution in [2.75, 3.05) is 10.8 Å². The van der Waals surface area contributed by atoms with Gasteiger partial charge in [-0.25, -0.2) is 8.42 Å². The van der Waals surface area contributed by atoms with Crippen LogP contribution in [0.5, 0.6) is 0 Å². The van der Waals surface area contributed by atoms with Crippen molar-refractivity contribution in [3.63, 3.8) is 0 Å². The highest BCUT2D eigenvalue weighted by Crippen LogP contribution is 2.27. The third-order valence-corrected chi connectivity index (χ3v) is 11.0. The SMILES string of the molecule is O=C(NC1CCCCC1)C(Cc1ccccc1)N(Cc1cccc(Br)c1)C(=O)CN(c1ccc(Br)cc1)S(=O)(=O)c1ccccc1. The predicted octanol–water partition coefficient (Wildman–Crippen LogP) is 7.50. The monoisotopic (exact) mass is 765 g/mol. The smallest absolute Gasteiger partial charge is 0.264 e. The van der Waals surface area contributed by atoms with Crippen LogP contribution in [-0.4, -0.2) is 43.8 Å². The quantitative estimate of drug-likeness (QED) is 0.162. The number of rotatable bonds is 12. The van der Waals surface area contributed by atoms with Crippen LogP contribution in [-0.2, 0) is 32.6 Å². The zero-order valence-corrected chi connectivity index (χ0v) is 29.4. The molecule has 7 nitrogen and oxygen atoms in total. The van der Waals surface area contributed by atoms with E-state index in [1.807, 2.05) is 54.6 Å². The normalized spacial score (nSPS) is 14.3. The first-order valence-corrected chi connectivity index (χ1v) is 18.4. The molecular weight excluding hydrogens is 730 g/mol. The number of benzene rings is 4. The summed E-state index contributed by atoms with van der Waals surface area (Å²) in [5.74, 6) is -0.720. The number of amides is 2. The second kappa shape index (κ2) is 15.9. The zero-order valence-electron chi connectivity index (χ0n) is 25.4. The van der Waals surface area contributed by atoms with Gasteiger partial charge in [-0.2, -0.15) is 0 Å². The van der Waals surface area contributed by atoms with E-state index in [2.05, 4.69) is 37.2 Å². The minimum atomic E-state index is -4.14. The van der Waals surface area contributed by atoms with Crippen LogP contribution < -0.4 is 9.62 Å². The first-order valence-electron chi connectivity index (χ1n) is 15.4. The summed E-state index contributed by atoms with van der Waals surface area (Å²) in [4.78, 5) is 30.4. The molecule has 1 fully saturated rings. The molecule has 0 aliphatic heterocycles. The van der Waals surface area contributed by atoms with Gasteiger partial charge in [0, 0.05) is 28.0 Å². The number of carbonyl (C=O) groups excluding carboxylic acids is 2. The fraction of sp³-hybridized carbons (Fsp3) is 0.278. The average Bonchev–Trinajstić information content (AvgIpc) is 3.07. The van der Waals surface area contributed by atoms with Gasteiger partial charge in [-0.3, -0.25) is 13.9 Å². The lowest BCUT2D eigenvalue weighted by molar-refractivity contribution is -0.140. The van der Waals surface area contributed by atoms with Gasteiger partial charge in [0.25, 0.3) is 10.0 Å². The van der Waals surface area contributed by atoms with E-state index in [-0.39, 0.29) is 29.8 Å². The second-order valence-electron chi connectivity index (χ2n) is 11.5. The number of halogens is 2. The van der Waals surface area contributed by atoms with Crippen LogP contribution in [0.2, 0.25) is 0 Å². The maximum atomic E-state index is 14.6. The molecule has 5 rings (SSSR count). The van der Waals surface area contributed by atoms with E-state index in [1.54, 1.807) is 47.4 Å². The van der Waals surface area contributed by atoms with Gasteiger partial charge in [0.15, 0.2) is 0 Å². The molecular formula is C36H37Br2N3O4S. The third-order valence-electron chi connectivity index (χ3n) is 8.19. The molecule has 0 aromatic heterocycles. The van der Waals surface area contributed by atoms with Gasteiger partial charge in [-0.1, -0.05) is 112 Å². The molecule has 0 spiro atoms. The number of nitrogens with one attached hydrogen (secondary N) is 1. The summed E-state index contributed by atoms with van der Waals surface area (Å²) in [7, 11) is -4.14. The molecule has 1 N–H and O–H groups in total. The van der Waals surface area contributed by atoms with Crippen LogP contribution in [0.15, 0.2) is 123 Å². The Bertz CT molecular complexity index is 1720. The standard InChI is InChI=1S/C36H37Br2N3O4S/c37-29-19-21-32(22-20-29)41(46(44,45)33-17-8-3-9-18-33)26-35(42)40(25-28-13-10-14-30(38)23-28)34(24-27-11-4-1-5-12-27)36(43)39-31-15-6-2-7-16-31/h1,3-5,8-14,17-23,31,34H,2,6-7,15-16,24-26H2,(H,39,43). The van der Waals surface area contributed by atoms with E-state index in [9.17, 15) is 18.0 Å². The zero-order chi connectivity index (χ0) is 32.5. The topological polar surface area (TPSA) is 86.8 Å². The molecule has 10 heteroatoms. The fourth-order valence-corrected chi connectivity index (χ4v) is 7.93. The Morgan fingerprint density at radius 1 is 0.761 bits per heavy atom. The van der Waals surface area contributed by atoms with Gasteiger partial charge in [0.2, 0.25) is 11.8 Å². The second-order valence-corrected chi connectivity index (χ2v) is 15.2. The van der Waals surface area contributed by atoms with Crippen molar-refractivity contribution in [3.8, 4) is 0 Å². The summed E-state index contributed by atoms with van der Waals surface area (Å²) in [6.45, 7) is -0.373. The summed E-state index contributed by atoms with van der Waals surface area (Å²) in [5.41, 5.74) is 2.06. The molecule has 0 radical (unpaired) electrons. The Labute approximate surface area is 288 Å². The molecule has 1 unspecified atom stereocenters. The molecule has 4 aromatic rings. The van der Waals surface area contributed by atoms with Crippen LogP contribution in [0.4, 0.5) is 5.69 Å². The molecule has 240 valence electrons. The van der Waals surface area contributed by atoms with Crippen molar-refractivity contribution < 1.29 is 18.0 Å². The molecule has 1 aliphatic carbocycles. The fourth-order valence-electron chi connectivity index (χ4n) is 5.79. The van der Waals surface area contributed by atoms with Gasteiger partial charge < -0.3 is 10.2 Å². The van der Waals surface area contributed by atoms with E-state index >= 15 is 0 Å². The molecule has 1 aliphatic rings. The summed E-state index contributed by atoms with van der Waals surface area (Å²) in [6.07, 6.45) is 5.33. The first kappa shape index (κ1) is 33.9. The van der Waals surface area contributed by atoms with E-state index in [4.69, 9.17) is 0 Å². The molecule has 1 atom stereocenters. The van der Waals surface area contributed by atoms with Crippen LogP contribution in [0.25, 0.3) is 0 Å². The van der Waals surface area contributed by atoms with E-state index < -0.39 is 28.5 Å². The molecule has 4 aromatic carbocycles. The number of hydrogen-bond acceptors (Lipinski definition) is 4. The Morgan fingerprint density at radius 3 is 2.04 bits per heavy atom. The minimum Gasteiger partial charge on any atom is -0.352 e. The summed E-state index contributed by atoms with van der Waals surface area (Å²) in [5, 5.41) is 3.24. The van der Waals surface area contributed by atoms with Crippen molar-refractivity contribution in [2.24, 2.45) is 0 Å². The summed E-state index contributed by atoms with van der Waals surface area (Å²) < 4.78 is 30.9. The lowest BCUT2D eigenvalue weighted by Crippen LogP contribution is -2.55. The van der Waals surface area contributed by atoms with Crippen molar-refractivity contribution >= 4 is 59.4 Å². The average molecular weight is 768 g/mol. The van der Waals surface area contributed by atoms with Crippen LogP contribution in [0.3, 0.4) is 0 Å². The number of anilines is 1.